The van der Waals surface area contributed by atoms with E-state index >= 15 is 0 Å². The number of alkyl halides is 6. The summed E-state index contributed by atoms with van der Waals surface area (Å²) in [5.41, 5.74) is -1.59. The SMILES string of the molecule is CC1CC(c2cnc(C(F)(F)F)cn2)=CC(COc2cc(C(F)(F)F)c3c(c2)ncn3C(C)C)N1C(=O)O. The molecule has 1 aromatic carbocycles. The molecule has 1 aliphatic rings. The highest BCUT2D eigenvalue weighted by molar-refractivity contribution is 5.82. The van der Waals surface area contributed by atoms with Gasteiger partial charge in [-0.1, -0.05) is 6.08 Å². The van der Waals surface area contributed by atoms with Crippen LogP contribution in [0.5, 0.6) is 5.75 Å². The fraction of sp³-hybridized carbons (Fsp3) is 0.417. The molecule has 0 fully saturated rings. The second kappa shape index (κ2) is 9.80. The fourth-order valence-corrected chi connectivity index (χ4v) is 4.43. The van der Waals surface area contributed by atoms with Crippen LogP contribution in [0.3, 0.4) is 0 Å². The minimum atomic E-state index is -4.70. The monoisotopic (exact) mass is 543 g/mol. The van der Waals surface area contributed by atoms with Gasteiger partial charge in [0.2, 0.25) is 0 Å². The van der Waals surface area contributed by atoms with E-state index < -0.39 is 41.8 Å². The van der Waals surface area contributed by atoms with Gasteiger partial charge in [0.05, 0.1) is 47.1 Å². The molecule has 0 radical (unpaired) electrons. The predicted octanol–water partition coefficient (Wildman–Crippen LogP) is 6.05. The Morgan fingerprint density at radius 3 is 2.37 bits per heavy atom. The molecule has 0 saturated carbocycles. The van der Waals surface area contributed by atoms with Gasteiger partial charge in [-0.25, -0.2) is 14.8 Å². The molecule has 1 amide bonds. The van der Waals surface area contributed by atoms with Gasteiger partial charge in [0.25, 0.3) is 0 Å². The maximum atomic E-state index is 13.9. The summed E-state index contributed by atoms with van der Waals surface area (Å²) >= 11 is 0. The molecule has 0 saturated heterocycles. The van der Waals surface area contributed by atoms with Crippen molar-refractivity contribution in [3.8, 4) is 5.75 Å². The van der Waals surface area contributed by atoms with Gasteiger partial charge in [-0.3, -0.25) is 9.88 Å². The Morgan fingerprint density at radius 1 is 1.11 bits per heavy atom. The van der Waals surface area contributed by atoms with Crippen molar-refractivity contribution >= 4 is 22.7 Å². The third kappa shape index (κ3) is 5.38. The van der Waals surface area contributed by atoms with Crippen molar-refractivity contribution in [2.24, 2.45) is 0 Å². The summed E-state index contributed by atoms with van der Waals surface area (Å²) in [5.74, 6) is -0.160. The molecule has 14 heteroatoms. The number of rotatable bonds is 5. The van der Waals surface area contributed by atoms with Crippen molar-refractivity contribution in [1.29, 1.82) is 0 Å². The number of carbonyl (C=O) groups is 1. The zero-order valence-corrected chi connectivity index (χ0v) is 20.4. The number of benzene rings is 1. The molecule has 2 atom stereocenters. The summed E-state index contributed by atoms with van der Waals surface area (Å²) in [6.45, 7) is 4.68. The Morgan fingerprint density at radius 2 is 1.82 bits per heavy atom. The van der Waals surface area contributed by atoms with Crippen LogP contribution >= 0.6 is 0 Å². The van der Waals surface area contributed by atoms with Crippen LogP contribution in [0.15, 0.2) is 36.9 Å². The normalized spacial score (nSPS) is 18.7. The molecule has 204 valence electrons. The summed E-state index contributed by atoms with van der Waals surface area (Å²) in [7, 11) is 0. The Kier molecular flexibility index (Phi) is 7.01. The number of fused-ring (bicyclic) bond motifs is 1. The molecule has 0 bridgehead atoms. The smallest absolute Gasteiger partial charge is 0.434 e. The van der Waals surface area contributed by atoms with Crippen LogP contribution < -0.4 is 4.74 Å². The number of aromatic nitrogens is 4. The van der Waals surface area contributed by atoms with Gasteiger partial charge in [0, 0.05) is 18.2 Å². The van der Waals surface area contributed by atoms with E-state index in [-0.39, 0.29) is 41.5 Å². The van der Waals surface area contributed by atoms with E-state index in [1.54, 1.807) is 20.8 Å². The maximum absolute atomic E-state index is 13.9. The largest absolute Gasteiger partial charge is 0.491 e. The lowest BCUT2D eigenvalue weighted by molar-refractivity contribution is -0.141. The Balaban J connectivity index is 1.66. The Hall–Kier alpha value is -3.84. The van der Waals surface area contributed by atoms with Gasteiger partial charge >= 0.3 is 18.4 Å². The summed E-state index contributed by atoms with van der Waals surface area (Å²) in [4.78, 5) is 24.3. The second-order valence-electron chi connectivity index (χ2n) is 9.18. The number of ether oxygens (including phenoxy) is 1. The summed E-state index contributed by atoms with van der Waals surface area (Å²) < 4.78 is 87.3. The highest BCUT2D eigenvalue weighted by Gasteiger charge is 2.37. The summed E-state index contributed by atoms with van der Waals surface area (Å²) in [6.07, 6.45) is -6.22. The topological polar surface area (TPSA) is 93.4 Å². The zero-order valence-electron chi connectivity index (χ0n) is 20.4. The molecular weight excluding hydrogens is 520 g/mol. The third-order valence-corrected chi connectivity index (χ3v) is 6.16. The van der Waals surface area contributed by atoms with Gasteiger partial charge in [0.15, 0.2) is 5.69 Å². The van der Waals surface area contributed by atoms with Crippen LogP contribution in [-0.4, -0.2) is 54.3 Å². The lowest BCUT2D eigenvalue weighted by Crippen LogP contribution is -2.49. The van der Waals surface area contributed by atoms with E-state index in [2.05, 4.69) is 15.0 Å². The molecule has 3 heterocycles. The third-order valence-electron chi connectivity index (χ3n) is 6.16. The Labute approximate surface area is 212 Å². The first-order chi connectivity index (χ1) is 17.7. The van der Waals surface area contributed by atoms with Gasteiger partial charge in [-0.15, -0.1) is 0 Å². The molecule has 3 aromatic rings. The van der Waals surface area contributed by atoms with E-state index in [0.29, 0.717) is 11.8 Å². The van der Waals surface area contributed by atoms with Gasteiger partial charge in [-0.05, 0) is 38.8 Å². The average Bonchev–Trinajstić information content (AvgIpc) is 3.24. The van der Waals surface area contributed by atoms with Crippen LogP contribution in [0.2, 0.25) is 0 Å². The number of imidazole rings is 1. The molecule has 4 rings (SSSR count). The number of hydrogen-bond acceptors (Lipinski definition) is 5. The van der Waals surface area contributed by atoms with E-state index in [4.69, 9.17) is 4.74 Å². The van der Waals surface area contributed by atoms with E-state index in [0.717, 1.165) is 17.2 Å². The van der Waals surface area contributed by atoms with E-state index in [9.17, 15) is 36.2 Å². The molecule has 1 N–H and O–H groups in total. The first-order valence-corrected chi connectivity index (χ1v) is 11.5. The van der Waals surface area contributed by atoms with E-state index in [1.807, 2.05) is 0 Å². The van der Waals surface area contributed by atoms with Crippen LogP contribution in [0.4, 0.5) is 31.1 Å². The highest BCUT2D eigenvalue weighted by atomic mass is 19.4. The lowest BCUT2D eigenvalue weighted by Gasteiger charge is -2.37. The Bertz CT molecular complexity index is 1360. The van der Waals surface area contributed by atoms with Crippen LogP contribution in [0, 0.1) is 0 Å². The molecule has 38 heavy (non-hydrogen) atoms. The van der Waals surface area contributed by atoms with Crippen molar-refractivity contribution < 1.29 is 41.0 Å². The first-order valence-electron chi connectivity index (χ1n) is 11.5. The minimum absolute atomic E-state index is 0.0619. The van der Waals surface area contributed by atoms with Crippen molar-refractivity contribution in [2.75, 3.05) is 6.61 Å². The fourth-order valence-electron chi connectivity index (χ4n) is 4.43. The van der Waals surface area contributed by atoms with E-state index in [1.165, 1.54) is 23.0 Å². The van der Waals surface area contributed by atoms with Crippen LogP contribution in [0.1, 0.15) is 50.2 Å². The summed E-state index contributed by atoms with van der Waals surface area (Å²) in [5, 5.41) is 9.73. The van der Waals surface area contributed by atoms with Crippen molar-refractivity contribution in [3.63, 3.8) is 0 Å². The lowest BCUT2D eigenvalue weighted by atomic mass is 9.95. The molecule has 0 spiro atoms. The van der Waals surface area contributed by atoms with Gasteiger partial charge in [-0.2, -0.15) is 26.3 Å². The number of nitrogens with zero attached hydrogens (tertiary/aromatic N) is 5. The average molecular weight is 543 g/mol. The maximum Gasteiger partial charge on any atom is 0.434 e. The molecule has 8 nitrogen and oxygen atoms in total. The van der Waals surface area contributed by atoms with Gasteiger partial charge < -0.3 is 14.4 Å². The number of halogens is 6. The molecule has 2 aromatic heterocycles. The minimum Gasteiger partial charge on any atom is -0.491 e. The van der Waals surface area contributed by atoms with Crippen molar-refractivity contribution in [2.45, 2.75) is 57.7 Å². The number of hydrogen-bond donors (Lipinski definition) is 1. The van der Waals surface area contributed by atoms with Crippen molar-refractivity contribution in [1.82, 2.24) is 24.4 Å². The molecule has 0 aliphatic carbocycles. The van der Waals surface area contributed by atoms with Crippen molar-refractivity contribution in [3.05, 3.63) is 53.9 Å². The zero-order chi connectivity index (χ0) is 28.0. The molecule has 2 unspecified atom stereocenters. The second-order valence-corrected chi connectivity index (χ2v) is 9.18. The summed E-state index contributed by atoms with van der Waals surface area (Å²) in [6, 6.07) is 0.310. The quantitative estimate of drug-likeness (QED) is 0.394. The predicted molar refractivity (Wildman–Crippen MR) is 123 cm³/mol. The number of carboxylic acid groups (broad SMARTS) is 1. The number of amides is 1. The molecule has 1 aliphatic heterocycles. The van der Waals surface area contributed by atoms with Crippen LogP contribution in [0.25, 0.3) is 16.6 Å². The molecular formula is C24H23F6N5O3. The van der Waals surface area contributed by atoms with Gasteiger partial charge in [0.1, 0.15) is 12.4 Å². The van der Waals surface area contributed by atoms with Crippen LogP contribution in [-0.2, 0) is 12.4 Å². The highest BCUT2D eigenvalue weighted by Crippen LogP contribution is 2.39. The first kappa shape index (κ1) is 27.2. The standard InChI is InChI=1S/C24H23F6N5O3/c1-12(2)34-11-33-18-7-16(6-17(21(18)34)23(25,26)27)38-10-15-5-14(4-13(3)35(15)22(36)37)19-8-32-20(9-31-19)24(28,29)30/h5-9,11-13,15H,4,10H2,1-3H3,(H,36,37).